The molecule has 19 heavy (non-hydrogen) atoms. The van der Waals surface area contributed by atoms with Crippen molar-refractivity contribution in [3.63, 3.8) is 0 Å². The molecule has 1 spiro atoms. The highest BCUT2D eigenvalue weighted by molar-refractivity contribution is 8.15. The average molecular weight is 296 g/mol. The summed E-state index contributed by atoms with van der Waals surface area (Å²) < 4.78 is 0. The highest BCUT2D eigenvalue weighted by Gasteiger charge is 2.50. The number of carbonyl (C=O) groups is 1. The van der Waals surface area contributed by atoms with Crippen molar-refractivity contribution in [3.8, 4) is 0 Å². The Morgan fingerprint density at radius 1 is 1.21 bits per heavy atom. The molecule has 102 valence electrons. The third-order valence-corrected chi connectivity index (χ3v) is 5.98. The van der Waals surface area contributed by atoms with Crippen LogP contribution in [-0.2, 0) is 4.79 Å². The van der Waals surface area contributed by atoms with E-state index in [0.717, 1.165) is 23.6 Å². The van der Waals surface area contributed by atoms with Crippen molar-refractivity contribution in [1.82, 2.24) is 0 Å². The van der Waals surface area contributed by atoms with E-state index in [1.54, 1.807) is 11.8 Å². The molecule has 1 aromatic rings. The van der Waals surface area contributed by atoms with E-state index in [0.29, 0.717) is 5.12 Å². The molecule has 4 heteroatoms. The van der Waals surface area contributed by atoms with Gasteiger partial charge in [-0.2, -0.15) is 0 Å². The molecule has 0 amide bonds. The highest BCUT2D eigenvalue weighted by atomic mass is 35.5. The summed E-state index contributed by atoms with van der Waals surface area (Å²) in [6.45, 7) is 2.02. The predicted octanol–water partition coefficient (Wildman–Crippen LogP) is 4.47. The van der Waals surface area contributed by atoms with Gasteiger partial charge in [0.15, 0.2) is 0 Å². The number of hydrogen-bond donors (Lipinski definition) is 0. The second-order valence-corrected chi connectivity index (χ2v) is 7.25. The van der Waals surface area contributed by atoms with Gasteiger partial charge in [-0.25, -0.2) is 0 Å². The molecule has 0 radical (unpaired) electrons. The van der Waals surface area contributed by atoms with E-state index in [1.807, 2.05) is 31.2 Å². The molecule has 1 unspecified atom stereocenters. The van der Waals surface area contributed by atoms with Gasteiger partial charge in [-0.15, -0.1) is 0 Å². The first-order valence-electron chi connectivity index (χ1n) is 6.90. The minimum atomic E-state index is -0.0377. The number of anilines is 1. The van der Waals surface area contributed by atoms with Crippen LogP contribution in [-0.4, -0.2) is 16.0 Å². The van der Waals surface area contributed by atoms with E-state index in [9.17, 15) is 4.79 Å². The van der Waals surface area contributed by atoms with Crippen molar-refractivity contribution in [3.05, 3.63) is 29.3 Å². The highest BCUT2D eigenvalue weighted by Crippen LogP contribution is 2.51. The van der Waals surface area contributed by atoms with Gasteiger partial charge in [-0.3, -0.25) is 4.79 Å². The van der Waals surface area contributed by atoms with Gasteiger partial charge in [0, 0.05) is 10.7 Å². The Labute approximate surface area is 123 Å². The molecule has 1 atom stereocenters. The van der Waals surface area contributed by atoms with Crippen LogP contribution in [0.5, 0.6) is 0 Å². The van der Waals surface area contributed by atoms with E-state index in [1.165, 1.54) is 19.3 Å². The number of halogens is 1. The van der Waals surface area contributed by atoms with Gasteiger partial charge in [-0.1, -0.05) is 42.6 Å². The van der Waals surface area contributed by atoms with Crippen LogP contribution in [0.15, 0.2) is 24.3 Å². The largest absolute Gasteiger partial charge is 0.346 e. The first kappa shape index (κ1) is 13.3. The van der Waals surface area contributed by atoms with Crippen LogP contribution in [0.3, 0.4) is 0 Å². The maximum atomic E-state index is 12.2. The zero-order chi connectivity index (χ0) is 13.5. The van der Waals surface area contributed by atoms with Gasteiger partial charge in [0.2, 0.25) is 5.12 Å². The van der Waals surface area contributed by atoms with Crippen LogP contribution < -0.4 is 4.90 Å². The fourth-order valence-electron chi connectivity index (χ4n) is 3.29. The van der Waals surface area contributed by atoms with Crippen LogP contribution in [0.2, 0.25) is 5.02 Å². The van der Waals surface area contributed by atoms with Crippen molar-refractivity contribution in [2.75, 3.05) is 4.90 Å². The van der Waals surface area contributed by atoms with Crippen LogP contribution in [0, 0.1) is 0 Å². The average Bonchev–Trinajstić information content (AvgIpc) is 2.64. The minimum Gasteiger partial charge on any atom is -0.346 e. The summed E-state index contributed by atoms with van der Waals surface area (Å²) in [6.07, 6.45) is 5.94. The van der Waals surface area contributed by atoms with Gasteiger partial charge in [0.25, 0.3) is 0 Å². The summed E-state index contributed by atoms with van der Waals surface area (Å²) in [5, 5.41) is 1.05. The quantitative estimate of drug-likeness (QED) is 0.762. The third-order valence-electron chi connectivity index (χ3n) is 4.20. The summed E-state index contributed by atoms with van der Waals surface area (Å²) in [6, 6.07) is 7.86. The maximum Gasteiger partial charge on any atom is 0.213 e. The second kappa shape index (κ2) is 5.02. The van der Waals surface area contributed by atoms with E-state index in [4.69, 9.17) is 11.6 Å². The number of nitrogens with zero attached hydrogens (tertiary/aromatic N) is 1. The van der Waals surface area contributed by atoms with Gasteiger partial charge >= 0.3 is 0 Å². The number of benzene rings is 1. The normalized spacial score (nSPS) is 26.1. The minimum absolute atomic E-state index is 0.0113. The number of rotatable bonds is 1. The molecule has 0 N–H and O–H groups in total. The van der Waals surface area contributed by atoms with Crippen molar-refractivity contribution >= 4 is 34.2 Å². The smallest absolute Gasteiger partial charge is 0.213 e. The lowest BCUT2D eigenvalue weighted by Gasteiger charge is -2.42. The lowest BCUT2D eigenvalue weighted by Crippen LogP contribution is -2.47. The summed E-state index contributed by atoms with van der Waals surface area (Å²) in [5.41, 5.74) is 1.12. The molecule has 1 aliphatic carbocycles. The van der Waals surface area contributed by atoms with Crippen LogP contribution in [0.4, 0.5) is 5.69 Å². The fraction of sp³-hybridized carbons (Fsp3) is 0.533. The van der Waals surface area contributed by atoms with Gasteiger partial charge in [0.05, 0.1) is 10.9 Å². The first-order chi connectivity index (χ1) is 9.12. The molecule has 0 aromatic heterocycles. The molecule has 2 fully saturated rings. The number of thioether (sulfide) groups is 1. The lowest BCUT2D eigenvalue weighted by molar-refractivity contribution is -0.111. The Bertz CT molecular complexity index is 481. The SMILES string of the molecule is CC1C(=O)SC2(CCCCC2)N1c1ccc(Cl)cc1. The van der Waals surface area contributed by atoms with Crippen molar-refractivity contribution in [2.45, 2.75) is 49.9 Å². The molecular weight excluding hydrogens is 278 g/mol. The molecule has 2 nitrogen and oxygen atoms in total. The Morgan fingerprint density at radius 3 is 2.47 bits per heavy atom. The van der Waals surface area contributed by atoms with E-state index < -0.39 is 0 Å². The maximum absolute atomic E-state index is 12.2. The van der Waals surface area contributed by atoms with E-state index in [2.05, 4.69) is 4.90 Å². The van der Waals surface area contributed by atoms with Gasteiger partial charge in [-0.05, 0) is 44.0 Å². The van der Waals surface area contributed by atoms with Gasteiger partial charge < -0.3 is 4.90 Å². The van der Waals surface area contributed by atoms with Crippen LogP contribution in [0.1, 0.15) is 39.0 Å². The Balaban J connectivity index is 1.99. The summed E-state index contributed by atoms with van der Waals surface area (Å²) in [7, 11) is 0. The van der Waals surface area contributed by atoms with Gasteiger partial charge in [0.1, 0.15) is 0 Å². The second-order valence-electron chi connectivity index (χ2n) is 5.45. The van der Waals surface area contributed by atoms with Crippen molar-refractivity contribution in [1.29, 1.82) is 0 Å². The standard InChI is InChI=1S/C15H18ClNOS/c1-11-14(18)19-15(9-3-2-4-10-15)17(11)13-7-5-12(16)6-8-13/h5-8,11H,2-4,9-10H2,1H3. The molecule has 2 aliphatic rings. The number of hydrogen-bond acceptors (Lipinski definition) is 3. The molecule has 1 aromatic carbocycles. The molecule has 0 bridgehead atoms. The topological polar surface area (TPSA) is 20.3 Å². The van der Waals surface area contributed by atoms with Crippen molar-refractivity contribution in [2.24, 2.45) is 0 Å². The summed E-state index contributed by atoms with van der Waals surface area (Å²) in [5.74, 6) is 0. The molecule has 1 heterocycles. The van der Waals surface area contributed by atoms with E-state index in [-0.39, 0.29) is 10.9 Å². The Hall–Kier alpha value is -0.670. The predicted molar refractivity (Wildman–Crippen MR) is 81.8 cm³/mol. The molecule has 1 saturated carbocycles. The molecule has 3 rings (SSSR count). The van der Waals surface area contributed by atoms with Crippen LogP contribution in [0.25, 0.3) is 0 Å². The lowest BCUT2D eigenvalue weighted by atomic mass is 9.92. The Morgan fingerprint density at radius 2 is 1.84 bits per heavy atom. The molecule has 1 saturated heterocycles. The molecular formula is C15H18ClNOS. The van der Waals surface area contributed by atoms with Crippen LogP contribution >= 0.6 is 23.4 Å². The zero-order valence-corrected chi connectivity index (χ0v) is 12.6. The molecule has 1 aliphatic heterocycles. The van der Waals surface area contributed by atoms with E-state index >= 15 is 0 Å². The fourth-order valence-corrected chi connectivity index (χ4v) is 4.92. The zero-order valence-electron chi connectivity index (χ0n) is 11.1. The van der Waals surface area contributed by atoms with Crippen molar-refractivity contribution < 1.29 is 4.79 Å². The number of carbonyl (C=O) groups excluding carboxylic acids is 1. The first-order valence-corrected chi connectivity index (χ1v) is 8.10. The third kappa shape index (κ3) is 2.27. The monoisotopic (exact) mass is 295 g/mol. The summed E-state index contributed by atoms with van der Waals surface area (Å²) in [4.78, 5) is 14.5. The Kier molecular flexibility index (Phi) is 3.52. The summed E-state index contributed by atoms with van der Waals surface area (Å²) >= 11 is 7.53.